The minimum atomic E-state index is 0.493. The first-order valence-electron chi connectivity index (χ1n) is 14.0. The Labute approximate surface area is 221 Å². The van der Waals surface area contributed by atoms with E-state index >= 15 is 0 Å². The Morgan fingerprint density at radius 2 is 1.47 bits per heavy atom. The molecular weight excluding hydrogens is 466 g/mol. The van der Waals surface area contributed by atoms with Gasteiger partial charge < -0.3 is 25.3 Å². The fourth-order valence-corrected chi connectivity index (χ4v) is 5.82. The fourth-order valence-electron chi connectivity index (χ4n) is 5.65. The summed E-state index contributed by atoms with van der Waals surface area (Å²) in [4.78, 5) is 17.2. The summed E-state index contributed by atoms with van der Waals surface area (Å²) >= 11 is 5.66. The summed E-state index contributed by atoms with van der Waals surface area (Å²) in [6.07, 6.45) is 11.4. The fraction of sp³-hybridized carbons (Fsp3) is 0.607. The predicted molar refractivity (Wildman–Crippen MR) is 154 cm³/mol. The van der Waals surface area contributed by atoms with Crippen LogP contribution in [-0.4, -0.2) is 53.8 Å². The second-order valence-corrected chi connectivity index (χ2v) is 10.9. The molecule has 2 N–H and O–H groups in total. The summed E-state index contributed by atoms with van der Waals surface area (Å²) in [6, 6.07) is 11.5. The Morgan fingerprint density at radius 1 is 0.833 bits per heavy atom. The van der Waals surface area contributed by atoms with Crippen LogP contribution in [0.2, 0.25) is 0 Å². The lowest BCUT2D eigenvalue weighted by Crippen LogP contribution is -2.38. The Hall–Kier alpha value is -2.61. The van der Waals surface area contributed by atoms with Gasteiger partial charge in [0.15, 0.2) is 5.11 Å². The van der Waals surface area contributed by atoms with Crippen LogP contribution in [0, 0.1) is 0 Å². The molecule has 3 fully saturated rings. The van der Waals surface area contributed by atoms with Crippen molar-refractivity contribution in [2.45, 2.75) is 77.3 Å². The van der Waals surface area contributed by atoms with Gasteiger partial charge in [-0.3, -0.25) is 0 Å². The van der Waals surface area contributed by atoms with Crippen LogP contribution in [0.1, 0.15) is 70.3 Å². The average molecular weight is 508 g/mol. The first-order chi connectivity index (χ1) is 17.7. The van der Waals surface area contributed by atoms with Gasteiger partial charge in [0.05, 0.1) is 0 Å². The smallest absolute Gasteiger partial charge is 0.232 e. The van der Waals surface area contributed by atoms with Crippen LogP contribution in [0.25, 0.3) is 0 Å². The minimum absolute atomic E-state index is 0.493. The molecule has 7 nitrogen and oxygen atoms in total. The number of piperidine rings is 1. The largest absolute Gasteiger partial charge is 0.372 e. The minimum Gasteiger partial charge on any atom is -0.372 e. The molecule has 0 saturated carbocycles. The molecule has 1 aromatic heterocycles. The van der Waals surface area contributed by atoms with E-state index in [-0.39, 0.29) is 0 Å². The van der Waals surface area contributed by atoms with Gasteiger partial charge >= 0.3 is 0 Å². The highest BCUT2D eigenvalue weighted by molar-refractivity contribution is 7.80. The number of rotatable bonds is 6. The number of nitrogens with zero attached hydrogens (tertiary/aromatic N) is 5. The molecule has 2 aromatic rings. The molecule has 3 aliphatic rings. The second-order valence-electron chi connectivity index (χ2n) is 10.5. The normalized spacial score (nSPS) is 20.8. The van der Waals surface area contributed by atoms with Gasteiger partial charge in [0.25, 0.3) is 0 Å². The third-order valence-electron chi connectivity index (χ3n) is 7.81. The SMILES string of the molecule is C[C@H]1CCCCN1c1cc(N2CCCCCC2)nc(NC(=S)NCc2ccc(N3CCCC3)cc2)n1. The van der Waals surface area contributed by atoms with Crippen LogP contribution < -0.4 is 25.3 Å². The lowest BCUT2D eigenvalue weighted by atomic mass is 10.0. The highest BCUT2D eigenvalue weighted by atomic mass is 32.1. The molecule has 0 amide bonds. The summed E-state index contributed by atoms with van der Waals surface area (Å²) in [5.74, 6) is 2.62. The predicted octanol–water partition coefficient (Wildman–Crippen LogP) is 5.32. The Kier molecular flexibility index (Phi) is 8.41. The van der Waals surface area contributed by atoms with E-state index in [1.165, 1.54) is 82.1 Å². The van der Waals surface area contributed by atoms with E-state index in [2.05, 4.69) is 62.6 Å². The summed E-state index contributed by atoms with van der Waals surface area (Å²) < 4.78 is 0. The molecule has 36 heavy (non-hydrogen) atoms. The van der Waals surface area contributed by atoms with Gasteiger partial charge in [-0.05, 0) is 81.8 Å². The molecule has 0 spiro atoms. The number of hydrogen-bond donors (Lipinski definition) is 2. The van der Waals surface area contributed by atoms with Crippen LogP contribution >= 0.6 is 12.2 Å². The van der Waals surface area contributed by atoms with Gasteiger partial charge in [0.2, 0.25) is 5.95 Å². The van der Waals surface area contributed by atoms with Gasteiger partial charge in [-0.2, -0.15) is 9.97 Å². The molecule has 0 bridgehead atoms. The monoisotopic (exact) mass is 507 g/mol. The van der Waals surface area contributed by atoms with E-state index in [9.17, 15) is 0 Å². The third kappa shape index (κ3) is 6.38. The number of thiocarbonyl (C=S) groups is 1. The van der Waals surface area contributed by atoms with Gasteiger partial charge in [-0.15, -0.1) is 0 Å². The molecule has 0 unspecified atom stereocenters. The van der Waals surface area contributed by atoms with E-state index in [4.69, 9.17) is 22.2 Å². The number of benzene rings is 1. The number of anilines is 4. The molecule has 4 heterocycles. The van der Waals surface area contributed by atoms with Crippen LogP contribution in [0.5, 0.6) is 0 Å². The van der Waals surface area contributed by atoms with E-state index in [1.54, 1.807) is 0 Å². The first kappa shape index (κ1) is 25.1. The van der Waals surface area contributed by atoms with Crippen LogP contribution in [0.4, 0.5) is 23.3 Å². The van der Waals surface area contributed by atoms with Crippen molar-refractivity contribution in [3.05, 3.63) is 35.9 Å². The maximum Gasteiger partial charge on any atom is 0.232 e. The van der Waals surface area contributed by atoms with Crippen molar-refractivity contribution in [2.75, 3.05) is 52.7 Å². The molecule has 1 atom stereocenters. The molecule has 1 aromatic carbocycles. The molecular formula is C28H41N7S. The van der Waals surface area contributed by atoms with E-state index in [0.29, 0.717) is 23.6 Å². The topological polar surface area (TPSA) is 59.6 Å². The van der Waals surface area contributed by atoms with Gasteiger partial charge in [0.1, 0.15) is 11.6 Å². The van der Waals surface area contributed by atoms with Crippen molar-refractivity contribution in [1.82, 2.24) is 15.3 Å². The van der Waals surface area contributed by atoms with Crippen LogP contribution in [-0.2, 0) is 6.54 Å². The van der Waals surface area contributed by atoms with Crippen molar-refractivity contribution >= 4 is 40.6 Å². The zero-order chi connectivity index (χ0) is 24.7. The van der Waals surface area contributed by atoms with Crippen molar-refractivity contribution in [3.63, 3.8) is 0 Å². The Bertz CT molecular complexity index is 997. The van der Waals surface area contributed by atoms with Crippen LogP contribution in [0.3, 0.4) is 0 Å². The average Bonchev–Trinajstić information content (AvgIpc) is 3.30. The van der Waals surface area contributed by atoms with Crippen molar-refractivity contribution < 1.29 is 0 Å². The summed E-state index contributed by atoms with van der Waals surface area (Å²) in [5, 5.41) is 7.21. The maximum absolute atomic E-state index is 5.66. The first-order valence-corrected chi connectivity index (χ1v) is 14.4. The number of hydrogen-bond acceptors (Lipinski definition) is 6. The number of nitrogens with one attached hydrogen (secondary N) is 2. The van der Waals surface area contributed by atoms with Crippen molar-refractivity contribution in [2.24, 2.45) is 0 Å². The van der Waals surface area contributed by atoms with Crippen molar-refractivity contribution in [3.8, 4) is 0 Å². The van der Waals surface area contributed by atoms with E-state index < -0.39 is 0 Å². The molecule has 0 aliphatic carbocycles. The molecule has 194 valence electrons. The lowest BCUT2D eigenvalue weighted by Gasteiger charge is -2.35. The molecule has 8 heteroatoms. The third-order valence-corrected chi connectivity index (χ3v) is 8.06. The zero-order valence-electron chi connectivity index (χ0n) is 21.7. The quantitative estimate of drug-likeness (QED) is 0.510. The zero-order valence-corrected chi connectivity index (χ0v) is 22.5. The van der Waals surface area contributed by atoms with Gasteiger partial charge in [-0.1, -0.05) is 25.0 Å². The van der Waals surface area contributed by atoms with Gasteiger partial charge in [-0.25, -0.2) is 0 Å². The van der Waals surface area contributed by atoms with Crippen molar-refractivity contribution in [1.29, 1.82) is 0 Å². The molecule has 3 saturated heterocycles. The highest BCUT2D eigenvalue weighted by Gasteiger charge is 2.23. The Morgan fingerprint density at radius 3 is 2.19 bits per heavy atom. The Balaban J connectivity index is 1.26. The van der Waals surface area contributed by atoms with E-state index in [1.807, 2.05) is 0 Å². The number of aromatic nitrogens is 2. The summed E-state index contributed by atoms with van der Waals surface area (Å²) in [7, 11) is 0. The summed E-state index contributed by atoms with van der Waals surface area (Å²) in [6.45, 7) is 8.48. The van der Waals surface area contributed by atoms with Crippen LogP contribution in [0.15, 0.2) is 30.3 Å². The highest BCUT2D eigenvalue weighted by Crippen LogP contribution is 2.28. The van der Waals surface area contributed by atoms with E-state index in [0.717, 1.165) is 31.3 Å². The molecule has 0 radical (unpaired) electrons. The lowest BCUT2D eigenvalue weighted by molar-refractivity contribution is 0.481. The second kappa shape index (κ2) is 12.1. The van der Waals surface area contributed by atoms with Gasteiger partial charge in [0, 0.05) is 57.1 Å². The standard InChI is InChI=1S/C28H41N7S/c1-22-10-4-7-19-35(22)26-20-25(34-17-5-2-3-6-18-34)30-27(31-26)32-28(36)29-21-23-11-13-24(14-12-23)33-15-8-9-16-33/h11-14,20,22H,2-10,15-19,21H2,1H3,(H2,29,30,31,32,36)/t22-/m0/s1. The molecule has 5 rings (SSSR count). The maximum atomic E-state index is 5.66. The summed E-state index contributed by atoms with van der Waals surface area (Å²) in [5.41, 5.74) is 2.53. The molecule has 3 aliphatic heterocycles.